The first kappa shape index (κ1) is 21.7. The van der Waals surface area contributed by atoms with Crippen LogP contribution in [0.5, 0.6) is 11.5 Å². The zero-order valence-electron chi connectivity index (χ0n) is 16.9. The van der Waals surface area contributed by atoms with E-state index in [2.05, 4.69) is 31.0 Å². The van der Waals surface area contributed by atoms with Crippen LogP contribution in [0.25, 0.3) is 21.8 Å². The van der Waals surface area contributed by atoms with E-state index < -0.39 is 0 Å². The number of ether oxygens (including phenoxy) is 2. The molecule has 10 heteroatoms. The van der Waals surface area contributed by atoms with E-state index in [1.54, 1.807) is 26.6 Å². The number of guanidine groups is 1. The number of benzene rings is 2. The van der Waals surface area contributed by atoms with Crippen molar-refractivity contribution >= 4 is 52.6 Å². The van der Waals surface area contributed by atoms with Crippen LogP contribution in [0.1, 0.15) is 11.1 Å². The molecular weight excluding hydrogens is 418 g/mol. The molecule has 2 heterocycles. The molecule has 160 valence electrons. The number of methoxy groups -OCH3 is 2. The number of aromatic amines is 2. The first-order chi connectivity index (χ1) is 14.7. The number of hydrazone groups is 2. The fourth-order valence-corrected chi connectivity index (χ4v) is 3.07. The second-order valence-corrected chi connectivity index (χ2v) is 6.43. The van der Waals surface area contributed by atoms with E-state index in [9.17, 15) is 0 Å². The smallest absolute Gasteiger partial charge is 0.230 e. The van der Waals surface area contributed by atoms with Gasteiger partial charge < -0.3 is 19.4 Å². The summed E-state index contributed by atoms with van der Waals surface area (Å²) in [5, 5.41) is 18.0. The molecule has 0 fully saturated rings. The van der Waals surface area contributed by atoms with E-state index in [1.807, 2.05) is 48.8 Å². The molecule has 0 aliphatic rings. The van der Waals surface area contributed by atoms with Crippen molar-refractivity contribution in [3.63, 3.8) is 0 Å². The van der Waals surface area contributed by atoms with Crippen LogP contribution >= 0.6 is 12.4 Å². The Balaban J connectivity index is 0.00000272. The summed E-state index contributed by atoms with van der Waals surface area (Å²) < 4.78 is 10.5. The second-order valence-electron chi connectivity index (χ2n) is 6.43. The number of halogens is 1. The molecule has 4 rings (SSSR count). The van der Waals surface area contributed by atoms with E-state index in [0.717, 1.165) is 44.4 Å². The zero-order chi connectivity index (χ0) is 20.9. The Morgan fingerprint density at radius 1 is 0.839 bits per heavy atom. The van der Waals surface area contributed by atoms with Crippen LogP contribution in [0.3, 0.4) is 0 Å². The molecule has 0 unspecified atom stereocenters. The summed E-state index contributed by atoms with van der Waals surface area (Å²) in [5.74, 6) is 1.48. The normalized spacial score (nSPS) is 11.2. The summed E-state index contributed by atoms with van der Waals surface area (Å²) in [6.07, 6.45) is 6.94. The Hall–Kier alpha value is -3.98. The van der Waals surface area contributed by atoms with Gasteiger partial charge >= 0.3 is 0 Å². The Bertz CT molecular complexity index is 1160. The Labute approximate surface area is 184 Å². The van der Waals surface area contributed by atoms with Gasteiger partial charge in [-0.25, -0.2) is 10.9 Å². The molecule has 0 amide bonds. The molecule has 4 aromatic rings. The van der Waals surface area contributed by atoms with E-state index in [0.29, 0.717) is 0 Å². The lowest BCUT2D eigenvalue weighted by atomic mass is 10.2. The largest absolute Gasteiger partial charge is 0.497 e. The number of aromatic nitrogens is 2. The molecule has 0 saturated carbocycles. The number of rotatable bonds is 6. The summed E-state index contributed by atoms with van der Waals surface area (Å²) in [5.41, 5.74) is 8.91. The molecular formula is C21H22ClN7O2. The van der Waals surface area contributed by atoms with E-state index in [4.69, 9.17) is 14.9 Å². The number of hydrogen-bond acceptors (Lipinski definition) is 5. The average Bonchev–Trinajstić information content (AvgIpc) is 3.37. The lowest BCUT2D eigenvalue weighted by molar-refractivity contribution is 0.415. The molecule has 2 aromatic heterocycles. The molecule has 0 atom stereocenters. The van der Waals surface area contributed by atoms with E-state index >= 15 is 0 Å². The fourth-order valence-electron chi connectivity index (χ4n) is 3.07. The summed E-state index contributed by atoms with van der Waals surface area (Å²) in [7, 11) is 3.26. The SMILES string of the molecule is COc1ccc2[nH]cc(C=NNC(=N)NN=Cc3c[nH]c4ccc(OC)cc34)c2c1.Cl. The minimum absolute atomic E-state index is 0. The van der Waals surface area contributed by atoms with Gasteiger partial charge in [-0.15, -0.1) is 12.4 Å². The molecule has 0 spiro atoms. The zero-order valence-corrected chi connectivity index (χ0v) is 17.7. The van der Waals surface area contributed by atoms with E-state index in [1.165, 1.54) is 0 Å². The van der Waals surface area contributed by atoms with Gasteiger partial charge in [0.05, 0.1) is 26.6 Å². The summed E-state index contributed by atoms with van der Waals surface area (Å²) in [6, 6.07) is 11.5. The van der Waals surface area contributed by atoms with Gasteiger partial charge in [0.25, 0.3) is 0 Å². The van der Waals surface area contributed by atoms with Crippen molar-refractivity contribution in [2.45, 2.75) is 0 Å². The van der Waals surface area contributed by atoms with Crippen LogP contribution in [-0.4, -0.2) is 42.6 Å². The predicted molar refractivity (Wildman–Crippen MR) is 126 cm³/mol. The molecule has 5 N–H and O–H groups in total. The Kier molecular flexibility index (Phi) is 6.78. The highest BCUT2D eigenvalue weighted by Gasteiger charge is 2.04. The number of hydrogen-bond donors (Lipinski definition) is 5. The van der Waals surface area contributed by atoms with E-state index in [-0.39, 0.29) is 18.4 Å². The van der Waals surface area contributed by atoms with Crippen molar-refractivity contribution in [2.75, 3.05) is 14.2 Å². The van der Waals surface area contributed by atoms with Crippen molar-refractivity contribution in [1.29, 1.82) is 5.41 Å². The van der Waals surface area contributed by atoms with Crippen molar-refractivity contribution < 1.29 is 9.47 Å². The van der Waals surface area contributed by atoms with Gasteiger partial charge in [-0.2, -0.15) is 10.2 Å². The number of H-pyrrole nitrogens is 2. The lowest BCUT2D eigenvalue weighted by Gasteiger charge is -2.01. The monoisotopic (exact) mass is 439 g/mol. The fraction of sp³-hybridized carbons (Fsp3) is 0.0952. The van der Waals surface area contributed by atoms with Crippen molar-refractivity contribution in [3.8, 4) is 11.5 Å². The minimum atomic E-state index is -0.0580. The van der Waals surface area contributed by atoms with Crippen molar-refractivity contribution in [2.24, 2.45) is 10.2 Å². The molecule has 31 heavy (non-hydrogen) atoms. The summed E-state index contributed by atoms with van der Waals surface area (Å²) >= 11 is 0. The quantitative estimate of drug-likeness (QED) is 0.179. The standard InChI is InChI=1S/C21H21N7O2.ClH/c1-29-15-3-5-19-17(7-15)13(9-23-19)11-25-27-21(22)28-26-12-14-10-24-20-6-4-16(30-2)8-18(14)20;/h3-12,23-24H,1-2H3,(H3,22,27,28);1H. The highest BCUT2D eigenvalue weighted by molar-refractivity contribution is 6.01. The lowest BCUT2D eigenvalue weighted by Crippen LogP contribution is -2.29. The molecule has 0 saturated heterocycles. The third-order valence-electron chi connectivity index (χ3n) is 4.60. The van der Waals surface area contributed by atoms with Crippen LogP contribution in [0, 0.1) is 5.41 Å². The number of nitrogens with zero attached hydrogens (tertiary/aromatic N) is 2. The van der Waals surface area contributed by atoms with Gasteiger partial charge in [-0.1, -0.05) is 0 Å². The number of nitrogens with one attached hydrogen (secondary N) is 5. The molecule has 2 aromatic carbocycles. The van der Waals surface area contributed by atoms with Gasteiger partial charge in [0, 0.05) is 45.3 Å². The maximum Gasteiger partial charge on any atom is 0.230 e. The van der Waals surface area contributed by atoms with Gasteiger partial charge in [0.15, 0.2) is 0 Å². The minimum Gasteiger partial charge on any atom is -0.497 e. The molecule has 0 radical (unpaired) electrons. The average molecular weight is 440 g/mol. The van der Waals surface area contributed by atoms with Crippen LogP contribution in [-0.2, 0) is 0 Å². The third-order valence-corrected chi connectivity index (χ3v) is 4.60. The second kappa shape index (κ2) is 9.68. The van der Waals surface area contributed by atoms with Crippen LogP contribution in [0.15, 0.2) is 59.0 Å². The van der Waals surface area contributed by atoms with Crippen LogP contribution in [0.2, 0.25) is 0 Å². The summed E-state index contributed by atoms with van der Waals surface area (Å²) in [4.78, 5) is 6.34. The topological polar surface area (TPSA) is 123 Å². The van der Waals surface area contributed by atoms with Crippen molar-refractivity contribution in [1.82, 2.24) is 20.8 Å². The summed E-state index contributed by atoms with van der Waals surface area (Å²) in [6.45, 7) is 0. The maximum absolute atomic E-state index is 7.89. The highest BCUT2D eigenvalue weighted by atomic mass is 35.5. The maximum atomic E-state index is 7.89. The molecule has 0 bridgehead atoms. The first-order valence-corrected chi connectivity index (χ1v) is 9.15. The third kappa shape index (κ3) is 4.78. The van der Waals surface area contributed by atoms with Gasteiger partial charge in [0.2, 0.25) is 5.96 Å². The highest BCUT2D eigenvalue weighted by Crippen LogP contribution is 2.23. The Morgan fingerprint density at radius 3 is 1.71 bits per heavy atom. The van der Waals surface area contributed by atoms with Crippen molar-refractivity contribution in [3.05, 3.63) is 59.9 Å². The molecule has 0 aliphatic carbocycles. The molecule has 0 aliphatic heterocycles. The van der Waals surface area contributed by atoms with Crippen LogP contribution < -0.4 is 20.3 Å². The molecule has 9 nitrogen and oxygen atoms in total. The van der Waals surface area contributed by atoms with Gasteiger partial charge in [-0.05, 0) is 36.4 Å². The number of fused-ring (bicyclic) bond motifs is 2. The Morgan fingerprint density at radius 2 is 1.29 bits per heavy atom. The first-order valence-electron chi connectivity index (χ1n) is 9.15. The van der Waals surface area contributed by atoms with Gasteiger partial charge in [0.1, 0.15) is 11.5 Å². The predicted octanol–water partition coefficient (Wildman–Crippen LogP) is 3.57. The van der Waals surface area contributed by atoms with Gasteiger partial charge in [-0.3, -0.25) is 5.41 Å². The van der Waals surface area contributed by atoms with Crippen LogP contribution in [0.4, 0.5) is 0 Å².